The topological polar surface area (TPSA) is 78.8 Å². The van der Waals surface area contributed by atoms with E-state index < -0.39 is 6.23 Å². The molecule has 4 heterocycles. The van der Waals surface area contributed by atoms with Gasteiger partial charge in [0.1, 0.15) is 17.1 Å². The molecule has 1 aromatic heterocycles. The predicted octanol–water partition coefficient (Wildman–Crippen LogP) is 3.98. The molecule has 6 rings (SSSR count). The first-order valence-electron chi connectivity index (χ1n) is 11.6. The number of halogens is 1. The molecule has 1 aliphatic carbocycles. The van der Waals surface area contributed by atoms with Crippen LogP contribution in [0.1, 0.15) is 32.6 Å². The van der Waals surface area contributed by atoms with E-state index in [1.807, 2.05) is 18.3 Å². The summed E-state index contributed by atoms with van der Waals surface area (Å²) in [5.41, 5.74) is 0.898. The van der Waals surface area contributed by atoms with Gasteiger partial charge in [0.05, 0.1) is 35.8 Å². The Morgan fingerprint density at radius 3 is 2.70 bits per heavy atom. The van der Waals surface area contributed by atoms with E-state index in [9.17, 15) is 9.90 Å². The van der Waals surface area contributed by atoms with Crippen molar-refractivity contribution in [1.29, 1.82) is 0 Å². The number of rotatable bonds is 4. The average molecular weight is 487 g/mol. The number of benzene rings is 1. The summed E-state index contributed by atoms with van der Waals surface area (Å²) in [6.07, 6.45) is 7.37. The van der Waals surface area contributed by atoms with Crippen LogP contribution in [0.15, 0.2) is 40.5 Å². The molecule has 1 aromatic carbocycles. The Bertz CT molecular complexity index is 1080. The van der Waals surface area contributed by atoms with Gasteiger partial charge >= 0.3 is 0 Å². The number of anilines is 2. The van der Waals surface area contributed by atoms with Gasteiger partial charge in [-0.05, 0) is 50.2 Å². The third-order valence-electron chi connectivity index (χ3n) is 7.62. The Morgan fingerprint density at radius 2 is 2.06 bits per heavy atom. The van der Waals surface area contributed by atoms with Crippen molar-refractivity contribution >= 4 is 40.8 Å². The Hall–Kier alpha value is -1.87. The maximum Gasteiger partial charge on any atom is 0.232 e. The highest BCUT2D eigenvalue weighted by Gasteiger charge is 2.59. The van der Waals surface area contributed by atoms with Crippen molar-refractivity contribution in [2.45, 2.75) is 54.9 Å². The first-order valence-corrected chi connectivity index (χ1v) is 12.8. The number of piperidine rings is 2. The number of hydrogen-bond acceptors (Lipinski definition) is 7. The number of carbonyl (C=O) groups excluding carboxylic acids is 1. The van der Waals surface area contributed by atoms with Crippen LogP contribution in [0.5, 0.6) is 0 Å². The molecular weight excluding hydrogens is 460 g/mol. The van der Waals surface area contributed by atoms with Crippen LogP contribution in [-0.2, 0) is 9.53 Å². The van der Waals surface area contributed by atoms with Crippen LogP contribution in [0.25, 0.3) is 0 Å². The van der Waals surface area contributed by atoms with Gasteiger partial charge in [0.15, 0.2) is 0 Å². The van der Waals surface area contributed by atoms with E-state index in [4.69, 9.17) is 16.3 Å². The second-order valence-electron chi connectivity index (χ2n) is 9.84. The standard InChI is InChI=1S/C24H27ClN4O3S/c1-14-10-24(13-32-14)5-7-28(8-6-24)19-11-27-20(12-26-19)33-18-4-2-3-17(21(18)25)29-22(30)15-9-16(15)23(29)31/h2-4,11-12,14-16,22,30H,5-10,13H2,1H3/t14-,15?,16?,22?/m0/s1. The normalized spacial score (nSPS) is 30.2. The first-order chi connectivity index (χ1) is 15.9. The number of ether oxygens (including phenoxy) is 1. The Balaban J connectivity index is 1.13. The minimum atomic E-state index is -0.790. The van der Waals surface area contributed by atoms with Crippen LogP contribution < -0.4 is 9.80 Å². The molecule has 0 bridgehead atoms. The number of aliphatic hydroxyl groups is 1. The van der Waals surface area contributed by atoms with E-state index in [1.165, 1.54) is 16.7 Å². The molecule has 4 fully saturated rings. The molecule has 3 saturated heterocycles. The van der Waals surface area contributed by atoms with E-state index in [1.54, 1.807) is 12.3 Å². The molecule has 4 atom stereocenters. The SMILES string of the molecule is C[C@H]1CC2(CCN(c3cnc(Sc4cccc(N5C(=O)C6CC6C5O)c4Cl)cn3)CC2)CO1. The van der Waals surface area contributed by atoms with E-state index in [-0.39, 0.29) is 17.7 Å². The molecule has 3 aliphatic heterocycles. The average Bonchev–Trinajstić information content (AvgIpc) is 3.49. The zero-order valence-corrected chi connectivity index (χ0v) is 20.1. The summed E-state index contributed by atoms with van der Waals surface area (Å²) in [7, 11) is 0. The Kier molecular flexibility index (Phi) is 5.32. The molecule has 1 N–H and O–H groups in total. The van der Waals surface area contributed by atoms with Crippen molar-refractivity contribution in [3.05, 3.63) is 35.6 Å². The maximum absolute atomic E-state index is 12.5. The molecule has 9 heteroatoms. The molecule has 1 saturated carbocycles. The smallest absolute Gasteiger partial charge is 0.232 e. The molecular formula is C24H27ClN4O3S. The summed E-state index contributed by atoms with van der Waals surface area (Å²) < 4.78 is 5.83. The van der Waals surface area contributed by atoms with Crippen LogP contribution in [-0.4, -0.2) is 53.0 Å². The lowest BCUT2D eigenvalue weighted by atomic mass is 9.77. The Labute approximate surface area is 202 Å². The number of amides is 1. The van der Waals surface area contributed by atoms with Gasteiger partial charge in [0.2, 0.25) is 5.91 Å². The van der Waals surface area contributed by atoms with Gasteiger partial charge < -0.3 is 14.7 Å². The van der Waals surface area contributed by atoms with E-state index in [0.717, 1.165) is 61.1 Å². The molecule has 1 spiro atoms. The molecule has 4 aliphatic rings. The van der Waals surface area contributed by atoms with E-state index in [2.05, 4.69) is 21.8 Å². The van der Waals surface area contributed by atoms with Gasteiger partial charge in [0.25, 0.3) is 0 Å². The highest BCUT2D eigenvalue weighted by Crippen LogP contribution is 2.52. The predicted molar refractivity (Wildman–Crippen MR) is 127 cm³/mol. The van der Waals surface area contributed by atoms with Gasteiger partial charge in [-0.25, -0.2) is 9.97 Å². The van der Waals surface area contributed by atoms with Gasteiger partial charge in [-0.2, -0.15) is 0 Å². The van der Waals surface area contributed by atoms with Crippen molar-refractivity contribution in [2.75, 3.05) is 29.5 Å². The van der Waals surface area contributed by atoms with E-state index in [0.29, 0.717) is 22.2 Å². The summed E-state index contributed by atoms with van der Waals surface area (Å²) in [6, 6.07) is 5.53. The first kappa shape index (κ1) is 21.6. The molecule has 3 unspecified atom stereocenters. The van der Waals surface area contributed by atoms with Gasteiger partial charge in [0, 0.05) is 29.8 Å². The summed E-state index contributed by atoms with van der Waals surface area (Å²) in [6.45, 7) is 4.99. The van der Waals surface area contributed by atoms with Gasteiger partial charge in [-0.3, -0.25) is 9.69 Å². The summed E-state index contributed by atoms with van der Waals surface area (Å²) in [5.74, 6) is 0.839. The molecule has 33 heavy (non-hydrogen) atoms. The minimum Gasteiger partial charge on any atom is -0.378 e. The third-order valence-corrected chi connectivity index (χ3v) is 9.11. The Morgan fingerprint density at radius 1 is 1.24 bits per heavy atom. The van der Waals surface area contributed by atoms with Crippen LogP contribution in [0.2, 0.25) is 5.02 Å². The fourth-order valence-electron chi connectivity index (χ4n) is 5.60. The van der Waals surface area contributed by atoms with Crippen LogP contribution in [0.4, 0.5) is 11.5 Å². The summed E-state index contributed by atoms with van der Waals surface area (Å²) >= 11 is 8.07. The number of nitrogens with zero attached hydrogens (tertiary/aromatic N) is 4. The minimum absolute atomic E-state index is 0.0392. The van der Waals surface area contributed by atoms with E-state index >= 15 is 0 Å². The fraction of sp³-hybridized carbons (Fsp3) is 0.542. The molecule has 0 radical (unpaired) electrons. The number of aromatic nitrogens is 2. The summed E-state index contributed by atoms with van der Waals surface area (Å²) in [5, 5.41) is 11.7. The number of aliphatic hydroxyl groups excluding tert-OH is 1. The third kappa shape index (κ3) is 3.81. The molecule has 174 valence electrons. The lowest BCUT2D eigenvalue weighted by Gasteiger charge is -2.38. The second-order valence-corrected chi connectivity index (χ2v) is 11.3. The summed E-state index contributed by atoms with van der Waals surface area (Å²) in [4.78, 5) is 26.3. The highest BCUT2D eigenvalue weighted by atomic mass is 35.5. The quantitative estimate of drug-likeness (QED) is 0.700. The monoisotopic (exact) mass is 486 g/mol. The van der Waals surface area contributed by atoms with Crippen molar-refractivity contribution < 1.29 is 14.6 Å². The van der Waals surface area contributed by atoms with Crippen molar-refractivity contribution in [3.8, 4) is 0 Å². The molecule has 2 aromatic rings. The van der Waals surface area contributed by atoms with Crippen molar-refractivity contribution in [1.82, 2.24) is 9.97 Å². The zero-order valence-electron chi connectivity index (χ0n) is 18.5. The van der Waals surface area contributed by atoms with Crippen molar-refractivity contribution in [2.24, 2.45) is 17.3 Å². The largest absolute Gasteiger partial charge is 0.378 e. The van der Waals surface area contributed by atoms with Crippen LogP contribution in [0, 0.1) is 17.3 Å². The van der Waals surface area contributed by atoms with Gasteiger partial charge in [-0.15, -0.1) is 0 Å². The number of carbonyl (C=O) groups is 1. The fourth-order valence-corrected chi connectivity index (χ4v) is 6.71. The zero-order chi connectivity index (χ0) is 22.7. The van der Waals surface area contributed by atoms with Crippen LogP contribution >= 0.6 is 23.4 Å². The molecule has 7 nitrogen and oxygen atoms in total. The van der Waals surface area contributed by atoms with Crippen molar-refractivity contribution in [3.63, 3.8) is 0 Å². The van der Waals surface area contributed by atoms with Gasteiger partial charge in [-0.1, -0.05) is 29.4 Å². The highest BCUT2D eigenvalue weighted by molar-refractivity contribution is 7.99. The maximum atomic E-state index is 12.5. The molecule has 1 amide bonds. The lowest BCUT2D eigenvalue weighted by Crippen LogP contribution is -2.41. The number of fused-ring (bicyclic) bond motifs is 1. The lowest BCUT2D eigenvalue weighted by molar-refractivity contribution is -0.119. The second kappa shape index (κ2) is 8.12. The number of hydrogen-bond donors (Lipinski definition) is 1. The van der Waals surface area contributed by atoms with Crippen LogP contribution in [0.3, 0.4) is 0 Å².